The smallest absolute Gasteiger partial charge is 0.416 e. The molecule has 6 nitrogen and oxygen atoms in total. The summed E-state index contributed by atoms with van der Waals surface area (Å²) in [5.74, 6) is 0.726. The quantitative estimate of drug-likeness (QED) is 0.229. The molecule has 3 aliphatic heterocycles. The van der Waals surface area contributed by atoms with Crippen LogP contribution in [-0.4, -0.2) is 85.7 Å². The van der Waals surface area contributed by atoms with Crippen molar-refractivity contribution in [2.24, 2.45) is 0 Å². The van der Waals surface area contributed by atoms with Crippen molar-refractivity contribution in [3.05, 3.63) is 58.7 Å². The van der Waals surface area contributed by atoms with E-state index in [1.807, 2.05) is 32.0 Å². The molecule has 5 rings (SSSR count). The van der Waals surface area contributed by atoms with Crippen molar-refractivity contribution in [3.8, 4) is 11.5 Å². The third-order valence-corrected chi connectivity index (χ3v) is 10.2. The Morgan fingerprint density at radius 3 is 2.04 bits per heavy atom. The Hall–Kier alpha value is -2.99. The third-order valence-electron chi connectivity index (χ3n) is 10.2. The number of hydrogen-bond acceptors (Lipinski definition) is 5. The molecule has 0 aliphatic carbocycles. The molecule has 0 aromatic heterocycles. The molecular formula is C36H47F6N3O3. The molecule has 1 amide bonds. The Balaban J connectivity index is 1.35. The number of benzene rings is 2. The van der Waals surface area contributed by atoms with Crippen LogP contribution < -0.4 is 9.47 Å². The zero-order valence-electron chi connectivity index (χ0n) is 27.9. The first-order valence-corrected chi connectivity index (χ1v) is 17.2. The number of alkyl halides is 6. The molecule has 2 aromatic rings. The largest absolute Gasteiger partial charge is 0.490 e. The number of ether oxygens (including phenoxy) is 2. The fourth-order valence-electron chi connectivity index (χ4n) is 7.62. The van der Waals surface area contributed by atoms with Gasteiger partial charge in [-0.15, -0.1) is 0 Å². The lowest BCUT2D eigenvalue weighted by Crippen LogP contribution is -2.47. The second-order valence-corrected chi connectivity index (χ2v) is 13.4. The molecule has 3 heterocycles. The van der Waals surface area contributed by atoms with Crippen molar-refractivity contribution in [1.82, 2.24) is 14.7 Å². The highest BCUT2D eigenvalue weighted by molar-refractivity contribution is 5.79. The molecule has 266 valence electrons. The van der Waals surface area contributed by atoms with E-state index in [1.165, 1.54) is 32.4 Å². The molecular weight excluding hydrogens is 636 g/mol. The van der Waals surface area contributed by atoms with Gasteiger partial charge in [0.25, 0.3) is 0 Å². The van der Waals surface area contributed by atoms with Crippen LogP contribution in [0.2, 0.25) is 0 Å². The summed E-state index contributed by atoms with van der Waals surface area (Å²) in [7, 11) is 0. The molecule has 1 atom stereocenters. The highest BCUT2D eigenvalue weighted by Gasteiger charge is 2.43. The van der Waals surface area contributed by atoms with E-state index in [0.29, 0.717) is 62.4 Å². The minimum absolute atomic E-state index is 0.0894. The van der Waals surface area contributed by atoms with Crippen LogP contribution in [0, 0.1) is 0 Å². The van der Waals surface area contributed by atoms with Gasteiger partial charge in [0.2, 0.25) is 5.91 Å². The van der Waals surface area contributed by atoms with Crippen LogP contribution in [0.15, 0.2) is 36.4 Å². The number of carbonyl (C=O) groups excluding carboxylic acids is 1. The van der Waals surface area contributed by atoms with Gasteiger partial charge >= 0.3 is 12.4 Å². The molecule has 3 saturated heterocycles. The summed E-state index contributed by atoms with van der Waals surface area (Å²) in [4.78, 5) is 20.3. The summed E-state index contributed by atoms with van der Waals surface area (Å²) >= 11 is 0. The van der Waals surface area contributed by atoms with Crippen LogP contribution in [0.3, 0.4) is 0 Å². The molecule has 2 aromatic carbocycles. The molecule has 0 radical (unpaired) electrons. The van der Waals surface area contributed by atoms with Gasteiger partial charge in [0.1, 0.15) is 0 Å². The van der Waals surface area contributed by atoms with Crippen molar-refractivity contribution in [3.63, 3.8) is 0 Å². The summed E-state index contributed by atoms with van der Waals surface area (Å²) in [6.45, 7) is 10.5. The molecule has 48 heavy (non-hydrogen) atoms. The average molecular weight is 684 g/mol. The van der Waals surface area contributed by atoms with E-state index < -0.39 is 41.2 Å². The first kappa shape index (κ1) is 36.3. The average Bonchev–Trinajstić information content (AvgIpc) is 3.50. The van der Waals surface area contributed by atoms with Crippen LogP contribution in [0.4, 0.5) is 26.3 Å². The van der Waals surface area contributed by atoms with Gasteiger partial charge in [0.05, 0.1) is 30.8 Å². The predicted molar refractivity (Wildman–Crippen MR) is 171 cm³/mol. The number of rotatable bonds is 11. The van der Waals surface area contributed by atoms with Gasteiger partial charge in [-0.05, 0) is 127 Å². The minimum atomic E-state index is -4.98. The molecule has 12 heteroatoms. The Kier molecular flexibility index (Phi) is 11.5. The molecule has 1 unspecified atom stereocenters. The maximum Gasteiger partial charge on any atom is 0.416 e. The topological polar surface area (TPSA) is 45.2 Å². The maximum absolute atomic E-state index is 13.6. The first-order valence-electron chi connectivity index (χ1n) is 17.2. The Bertz CT molecular complexity index is 1350. The lowest BCUT2D eigenvalue weighted by molar-refractivity contribution is -0.143. The van der Waals surface area contributed by atoms with E-state index in [0.717, 1.165) is 44.5 Å². The van der Waals surface area contributed by atoms with E-state index in [9.17, 15) is 31.1 Å². The van der Waals surface area contributed by atoms with Crippen molar-refractivity contribution >= 4 is 5.91 Å². The van der Waals surface area contributed by atoms with Crippen molar-refractivity contribution in [1.29, 1.82) is 0 Å². The number of hydrogen-bond donors (Lipinski definition) is 0. The van der Waals surface area contributed by atoms with Gasteiger partial charge in [0, 0.05) is 24.5 Å². The number of halogens is 6. The van der Waals surface area contributed by atoms with Gasteiger partial charge in [-0.2, -0.15) is 26.3 Å². The predicted octanol–water partition coefficient (Wildman–Crippen LogP) is 7.57. The monoisotopic (exact) mass is 683 g/mol. The summed E-state index contributed by atoms with van der Waals surface area (Å²) in [5, 5.41) is 0. The molecule has 0 N–H and O–H groups in total. The molecule has 0 spiro atoms. The van der Waals surface area contributed by atoms with E-state index >= 15 is 0 Å². The second-order valence-electron chi connectivity index (χ2n) is 13.4. The molecule has 3 fully saturated rings. The lowest BCUT2D eigenvalue weighted by atomic mass is 9.76. The highest BCUT2D eigenvalue weighted by Crippen LogP contribution is 2.43. The summed E-state index contributed by atoms with van der Waals surface area (Å²) in [6, 6.07) is 7.83. The van der Waals surface area contributed by atoms with Crippen LogP contribution in [-0.2, 0) is 29.0 Å². The normalized spacial score (nSPS) is 21.9. The van der Waals surface area contributed by atoms with Crippen molar-refractivity contribution < 1.29 is 40.6 Å². The fraction of sp³-hybridized carbons (Fsp3) is 0.639. The molecule has 0 saturated carbocycles. The molecule has 3 aliphatic rings. The number of amides is 1. The van der Waals surface area contributed by atoms with Crippen molar-refractivity contribution in [2.45, 2.75) is 89.0 Å². The Labute approximate surface area is 279 Å². The Morgan fingerprint density at radius 2 is 1.44 bits per heavy atom. The van der Waals surface area contributed by atoms with Crippen molar-refractivity contribution in [2.75, 3.05) is 59.0 Å². The Morgan fingerprint density at radius 1 is 0.812 bits per heavy atom. The number of carbonyl (C=O) groups is 1. The van der Waals surface area contributed by atoms with Crippen LogP contribution >= 0.6 is 0 Å². The summed E-state index contributed by atoms with van der Waals surface area (Å²) < 4.78 is 92.7. The summed E-state index contributed by atoms with van der Waals surface area (Å²) in [5.41, 5.74) is -2.64. The number of piperidine rings is 2. The number of nitrogens with zero attached hydrogens (tertiary/aromatic N) is 3. The van der Waals surface area contributed by atoms with E-state index in [1.54, 1.807) is 4.90 Å². The summed E-state index contributed by atoms with van der Waals surface area (Å²) in [6.07, 6.45) is -3.08. The highest BCUT2D eigenvalue weighted by atomic mass is 19.4. The van der Waals surface area contributed by atoms with Gasteiger partial charge in [0.15, 0.2) is 11.5 Å². The SMILES string of the molecule is CCOc1ccc(C2(CCN3CCC(N4CCCCC4)CC3)CCN(C(=O)Cc3cc(C(F)(F)F)cc(C(F)(F)F)c3)C2)cc1OCC. The second kappa shape index (κ2) is 15.3. The first-order chi connectivity index (χ1) is 22.8. The van der Waals surface area contributed by atoms with Crippen LogP contribution in [0.1, 0.15) is 81.0 Å². The number of likely N-dealkylation sites (tertiary alicyclic amines) is 3. The molecule has 0 bridgehead atoms. The van der Waals surface area contributed by atoms with E-state index in [4.69, 9.17) is 9.47 Å². The fourth-order valence-corrected chi connectivity index (χ4v) is 7.62. The van der Waals surface area contributed by atoms with E-state index in [-0.39, 0.29) is 11.6 Å². The lowest BCUT2D eigenvalue weighted by Gasteiger charge is -2.41. The van der Waals surface area contributed by atoms with E-state index in [2.05, 4.69) is 9.80 Å². The zero-order chi connectivity index (χ0) is 34.5. The van der Waals surface area contributed by atoms with Crippen LogP contribution in [0.5, 0.6) is 11.5 Å². The minimum Gasteiger partial charge on any atom is -0.490 e. The maximum atomic E-state index is 13.6. The van der Waals surface area contributed by atoms with Gasteiger partial charge in [-0.25, -0.2) is 0 Å². The van der Waals surface area contributed by atoms with Gasteiger partial charge in [-0.3, -0.25) is 4.79 Å². The third kappa shape index (κ3) is 8.77. The standard InChI is InChI=1S/C36H47F6N3O3/c1-3-47-31-9-8-27(24-32(31)48-4-2)34(12-18-43-16-10-30(11-17-43)44-14-6-5-7-15-44)13-19-45(25-34)33(46)22-26-20-28(35(37,38)39)23-29(21-26)36(40,41)42/h8-9,20-21,23-24,30H,3-7,10-19,22,25H2,1-2H3. The van der Waals surface area contributed by atoms with Gasteiger partial charge in [-0.1, -0.05) is 12.5 Å². The van der Waals surface area contributed by atoms with Gasteiger partial charge < -0.3 is 24.2 Å². The zero-order valence-corrected chi connectivity index (χ0v) is 27.9. The van der Waals surface area contributed by atoms with Crippen LogP contribution in [0.25, 0.3) is 0 Å².